The summed E-state index contributed by atoms with van der Waals surface area (Å²) in [6.07, 6.45) is -1.44. The molecule has 0 aliphatic carbocycles. The van der Waals surface area contributed by atoms with Crippen molar-refractivity contribution in [2.75, 3.05) is 6.61 Å². The topological polar surface area (TPSA) is 149 Å². The highest BCUT2D eigenvalue weighted by Gasteiger charge is 2.51. The van der Waals surface area contributed by atoms with E-state index in [1.807, 2.05) is 36.4 Å². The van der Waals surface area contributed by atoms with Gasteiger partial charge in [0.2, 0.25) is 0 Å². The van der Waals surface area contributed by atoms with E-state index in [4.69, 9.17) is 18.9 Å². The molecule has 206 valence electrons. The lowest BCUT2D eigenvalue weighted by Gasteiger charge is -2.23. The molecule has 0 spiro atoms. The molecule has 1 fully saturated rings. The van der Waals surface area contributed by atoms with E-state index in [1.54, 1.807) is 6.07 Å². The lowest BCUT2D eigenvalue weighted by Crippen LogP contribution is -2.40. The second-order valence-corrected chi connectivity index (χ2v) is 9.32. The van der Waals surface area contributed by atoms with Crippen molar-refractivity contribution in [2.24, 2.45) is 0 Å². The molecule has 3 heterocycles. The van der Waals surface area contributed by atoms with Crippen molar-refractivity contribution in [3.05, 3.63) is 66.4 Å². The fourth-order valence-electron chi connectivity index (χ4n) is 4.75. The van der Waals surface area contributed by atoms with E-state index in [2.05, 4.69) is 15.0 Å². The van der Waals surface area contributed by atoms with Crippen LogP contribution in [0, 0.1) is 0 Å². The number of rotatable bonds is 8. The van der Waals surface area contributed by atoms with Crippen LogP contribution in [-0.2, 0) is 39.8 Å². The van der Waals surface area contributed by atoms with Crippen LogP contribution in [0.5, 0.6) is 0 Å². The number of hydrogen-bond donors (Lipinski definition) is 0. The van der Waals surface area contributed by atoms with Crippen molar-refractivity contribution in [2.45, 2.75) is 51.7 Å². The highest BCUT2D eigenvalue weighted by molar-refractivity contribution is 6.01. The van der Waals surface area contributed by atoms with Crippen molar-refractivity contribution in [3.63, 3.8) is 0 Å². The van der Waals surface area contributed by atoms with E-state index in [1.165, 1.54) is 38.0 Å². The summed E-state index contributed by atoms with van der Waals surface area (Å²) in [6, 6.07) is 13.3. The third-order valence-electron chi connectivity index (χ3n) is 6.45. The maximum Gasteiger partial charge on any atom is 0.303 e. The Morgan fingerprint density at radius 1 is 0.875 bits per heavy atom. The van der Waals surface area contributed by atoms with Gasteiger partial charge in [0.1, 0.15) is 24.6 Å². The Bertz CT molecular complexity index is 1620. The molecule has 4 atom stereocenters. The second-order valence-electron chi connectivity index (χ2n) is 9.32. The average molecular weight is 547 g/mol. The molecule has 2 aromatic carbocycles. The molecule has 12 nitrogen and oxygen atoms in total. The number of nitrogens with zero attached hydrogens (tertiary/aromatic N) is 4. The first-order valence-electron chi connectivity index (χ1n) is 12.5. The average Bonchev–Trinajstić information content (AvgIpc) is 3.48. The Morgan fingerprint density at radius 2 is 1.60 bits per heavy atom. The molecule has 0 bridgehead atoms. The van der Waals surface area contributed by atoms with Crippen molar-refractivity contribution in [3.8, 4) is 0 Å². The quantitative estimate of drug-likeness (QED) is 0.182. The highest BCUT2D eigenvalue weighted by Crippen LogP contribution is 2.36. The molecule has 4 aromatic rings. The largest absolute Gasteiger partial charge is 0.463 e. The smallest absolute Gasteiger partial charge is 0.303 e. The van der Waals surface area contributed by atoms with Gasteiger partial charge in [-0.1, -0.05) is 36.4 Å². The van der Waals surface area contributed by atoms with Gasteiger partial charge < -0.3 is 18.9 Å². The van der Waals surface area contributed by atoms with Crippen LogP contribution < -0.4 is 0 Å². The summed E-state index contributed by atoms with van der Waals surface area (Å²) in [4.78, 5) is 61.5. The van der Waals surface area contributed by atoms with Gasteiger partial charge in [0.05, 0.1) is 18.4 Å². The number of benzene rings is 2. The molecule has 2 aromatic heterocycles. The maximum atomic E-state index is 13.2. The minimum absolute atomic E-state index is 0.0293. The number of fused-ring (bicyclic) bond motifs is 2. The van der Waals surface area contributed by atoms with Crippen LogP contribution in [0.4, 0.5) is 0 Å². The number of ketones is 1. The van der Waals surface area contributed by atoms with Gasteiger partial charge in [0.15, 0.2) is 29.9 Å². The number of hydrogen-bond acceptors (Lipinski definition) is 11. The fraction of sp³-hybridized carbons (Fsp3) is 0.321. The van der Waals surface area contributed by atoms with E-state index in [-0.39, 0.29) is 18.8 Å². The van der Waals surface area contributed by atoms with Gasteiger partial charge in [0.25, 0.3) is 0 Å². The summed E-state index contributed by atoms with van der Waals surface area (Å²) in [7, 11) is 0. The molecular weight excluding hydrogens is 520 g/mol. The van der Waals surface area contributed by atoms with Gasteiger partial charge in [-0.3, -0.25) is 23.7 Å². The second kappa shape index (κ2) is 11.2. The SMILES string of the molecule is CC(=O)OC[C@H]1O[C@@H](n2cnc3c(CC(=O)c4ccc5ccccc5c4)ncnc32)[C@H](OC(C)=O)[C@@H]1OC(C)=O. The normalized spacial score (nSPS) is 20.4. The molecule has 5 rings (SSSR count). The van der Waals surface area contributed by atoms with E-state index in [0.29, 0.717) is 22.4 Å². The summed E-state index contributed by atoms with van der Waals surface area (Å²) < 4.78 is 23.6. The van der Waals surface area contributed by atoms with Crippen molar-refractivity contribution >= 4 is 45.6 Å². The summed E-state index contributed by atoms with van der Waals surface area (Å²) in [5, 5.41) is 1.98. The van der Waals surface area contributed by atoms with Crippen LogP contribution in [0.3, 0.4) is 0 Å². The van der Waals surface area contributed by atoms with Gasteiger partial charge in [0, 0.05) is 26.3 Å². The number of aromatic nitrogens is 4. The first-order valence-corrected chi connectivity index (χ1v) is 12.5. The molecule has 12 heteroatoms. The third-order valence-corrected chi connectivity index (χ3v) is 6.45. The predicted octanol–water partition coefficient (Wildman–Crippen LogP) is 2.73. The monoisotopic (exact) mass is 546 g/mol. The summed E-state index contributed by atoms with van der Waals surface area (Å²) >= 11 is 0. The summed E-state index contributed by atoms with van der Waals surface area (Å²) in [5.74, 6) is -1.97. The van der Waals surface area contributed by atoms with Gasteiger partial charge in [-0.05, 0) is 16.8 Å². The Morgan fingerprint density at radius 3 is 2.33 bits per heavy atom. The van der Waals surface area contributed by atoms with Crippen LogP contribution in [0.15, 0.2) is 55.1 Å². The Labute approximate surface area is 228 Å². The zero-order chi connectivity index (χ0) is 28.4. The van der Waals surface area contributed by atoms with Crippen LogP contribution in [0.25, 0.3) is 21.9 Å². The minimum Gasteiger partial charge on any atom is -0.463 e. The highest BCUT2D eigenvalue weighted by atomic mass is 16.7. The molecule has 0 unspecified atom stereocenters. The van der Waals surface area contributed by atoms with Crippen LogP contribution in [-0.4, -0.2) is 68.1 Å². The molecule has 0 N–H and O–H groups in total. The number of esters is 3. The van der Waals surface area contributed by atoms with Gasteiger partial charge in [-0.25, -0.2) is 15.0 Å². The Balaban J connectivity index is 1.46. The minimum atomic E-state index is -1.10. The molecule has 40 heavy (non-hydrogen) atoms. The summed E-state index contributed by atoms with van der Waals surface area (Å²) in [6.45, 7) is 3.41. The molecule has 0 amide bonds. The van der Waals surface area contributed by atoms with E-state index >= 15 is 0 Å². The van der Waals surface area contributed by atoms with Gasteiger partial charge >= 0.3 is 17.9 Å². The zero-order valence-electron chi connectivity index (χ0n) is 22.0. The molecule has 1 saturated heterocycles. The van der Waals surface area contributed by atoms with Crippen LogP contribution >= 0.6 is 0 Å². The third kappa shape index (κ3) is 5.52. The molecule has 0 saturated carbocycles. The van der Waals surface area contributed by atoms with E-state index < -0.39 is 42.4 Å². The van der Waals surface area contributed by atoms with Crippen molar-refractivity contribution in [1.82, 2.24) is 19.5 Å². The Hall–Kier alpha value is -4.71. The summed E-state index contributed by atoms with van der Waals surface area (Å²) in [5.41, 5.74) is 1.61. The number of Topliss-reactive ketones (excluding diaryl/α,β-unsaturated/α-hetero) is 1. The van der Waals surface area contributed by atoms with E-state index in [0.717, 1.165) is 10.8 Å². The van der Waals surface area contributed by atoms with Crippen molar-refractivity contribution in [1.29, 1.82) is 0 Å². The number of carbonyl (C=O) groups excluding carboxylic acids is 4. The zero-order valence-corrected chi connectivity index (χ0v) is 22.0. The van der Waals surface area contributed by atoms with Gasteiger partial charge in [-0.15, -0.1) is 0 Å². The first-order chi connectivity index (χ1) is 19.2. The standard InChI is InChI=1S/C28H26N4O8/c1-15(33)37-12-23-25(38-16(2)34)26(39-17(3)35)28(40-23)32-14-31-24-21(29-13-30-27(24)32)11-22(36)20-9-8-18-6-4-5-7-19(18)10-20/h4-10,13-14,23,25-26,28H,11-12H2,1-3H3/t23-,25-,26-,28-/m1/s1. The van der Waals surface area contributed by atoms with Crippen LogP contribution in [0.2, 0.25) is 0 Å². The molecule has 1 aliphatic heterocycles. The van der Waals surface area contributed by atoms with E-state index in [9.17, 15) is 19.2 Å². The number of ether oxygens (including phenoxy) is 4. The fourth-order valence-corrected chi connectivity index (χ4v) is 4.75. The first kappa shape index (κ1) is 26.9. The maximum absolute atomic E-state index is 13.2. The number of carbonyl (C=O) groups is 4. The molecule has 0 radical (unpaired) electrons. The lowest BCUT2D eigenvalue weighted by atomic mass is 10.0. The number of imidazole rings is 1. The van der Waals surface area contributed by atoms with Crippen molar-refractivity contribution < 1.29 is 38.1 Å². The molecule has 1 aliphatic rings. The van der Waals surface area contributed by atoms with Crippen LogP contribution in [0.1, 0.15) is 43.1 Å². The molecular formula is C28H26N4O8. The predicted molar refractivity (Wildman–Crippen MR) is 139 cm³/mol. The Kier molecular flexibility index (Phi) is 7.52. The lowest BCUT2D eigenvalue weighted by molar-refractivity contribution is -0.166. The van der Waals surface area contributed by atoms with Gasteiger partial charge in [-0.2, -0.15) is 0 Å².